The van der Waals surface area contributed by atoms with Gasteiger partial charge in [-0.15, -0.1) is 0 Å². The Hall–Kier alpha value is -3.55. The van der Waals surface area contributed by atoms with Crippen LogP contribution < -0.4 is 11.2 Å². The smallest absolute Gasteiger partial charge is 0.332 e. The minimum Gasteiger partial charge on any atom is -0.507 e. The van der Waals surface area contributed by atoms with Crippen LogP contribution in [0.15, 0.2) is 39.9 Å². The standard InChI is InChI=1S/C17H13N3O5/c1-19-15-11(16(24)20(2)17(19)25)7-10(12(8-21)18-15)14(23)9-5-3-4-6-13(9)22/h3-8,22H,1-2H3. The summed E-state index contributed by atoms with van der Waals surface area (Å²) in [4.78, 5) is 52.4. The molecule has 1 aromatic carbocycles. The zero-order chi connectivity index (χ0) is 18.3. The number of carbonyl (C=O) groups excluding carboxylic acids is 2. The molecule has 8 heteroatoms. The number of hydrogen-bond acceptors (Lipinski definition) is 6. The summed E-state index contributed by atoms with van der Waals surface area (Å²) < 4.78 is 2.01. The van der Waals surface area contributed by atoms with Gasteiger partial charge in [0.2, 0.25) is 0 Å². The number of para-hydroxylation sites is 1. The van der Waals surface area contributed by atoms with E-state index >= 15 is 0 Å². The fourth-order valence-corrected chi connectivity index (χ4v) is 2.60. The normalized spacial score (nSPS) is 10.8. The van der Waals surface area contributed by atoms with E-state index in [4.69, 9.17) is 0 Å². The van der Waals surface area contributed by atoms with Gasteiger partial charge >= 0.3 is 5.69 Å². The number of benzene rings is 1. The molecule has 2 aromatic heterocycles. The zero-order valence-electron chi connectivity index (χ0n) is 13.4. The Labute approximate surface area is 140 Å². The molecule has 3 rings (SSSR count). The summed E-state index contributed by atoms with van der Waals surface area (Å²) in [6.45, 7) is 0. The SMILES string of the molecule is Cn1c(=O)c2cc(C(=O)c3ccccc3O)c(C=O)nc2n(C)c1=O. The average molecular weight is 339 g/mol. The van der Waals surface area contributed by atoms with Crippen LogP contribution in [0.25, 0.3) is 11.0 Å². The predicted octanol–water partition coefficient (Wildman–Crippen LogP) is 0.381. The molecule has 0 saturated heterocycles. The van der Waals surface area contributed by atoms with Gasteiger partial charge in [0.15, 0.2) is 12.1 Å². The number of hydrogen-bond donors (Lipinski definition) is 1. The van der Waals surface area contributed by atoms with Crippen LogP contribution in [0.3, 0.4) is 0 Å². The van der Waals surface area contributed by atoms with Gasteiger partial charge in [0.1, 0.15) is 17.1 Å². The summed E-state index contributed by atoms with van der Waals surface area (Å²) >= 11 is 0. The number of phenolic OH excluding ortho intramolecular Hbond substituents is 1. The van der Waals surface area contributed by atoms with Crippen LogP contribution in [0.2, 0.25) is 0 Å². The molecule has 8 nitrogen and oxygen atoms in total. The van der Waals surface area contributed by atoms with Crippen LogP contribution in [0.5, 0.6) is 5.75 Å². The number of fused-ring (bicyclic) bond motifs is 1. The second-order valence-corrected chi connectivity index (χ2v) is 5.46. The Morgan fingerprint density at radius 2 is 1.80 bits per heavy atom. The molecule has 1 N–H and O–H groups in total. The molecule has 0 amide bonds. The molecule has 0 spiro atoms. The zero-order valence-corrected chi connectivity index (χ0v) is 13.4. The van der Waals surface area contributed by atoms with Crippen LogP contribution in [-0.2, 0) is 14.1 Å². The number of phenols is 1. The Balaban J connectivity index is 2.39. The second kappa shape index (κ2) is 5.82. The highest BCUT2D eigenvalue weighted by Gasteiger charge is 2.21. The van der Waals surface area contributed by atoms with Crippen molar-refractivity contribution >= 4 is 23.1 Å². The molecule has 0 atom stereocenters. The van der Waals surface area contributed by atoms with E-state index in [2.05, 4.69) is 4.98 Å². The molecule has 0 saturated carbocycles. The number of pyridine rings is 1. The highest BCUT2D eigenvalue weighted by Crippen LogP contribution is 2.22. The van der Waals surface area contributed by atoms with Crippen molar-refractivity contribution in [3.63, 3.8) is 0 Å². The van der Waals surface area contributed by atoms with Crippen LogP contribution in [0.1, 0.15) is 26.4 Å². The van der Waals surface area contributed by atoms with Crippen molar-refractivity contribution in [3.8, 4) is 5.75 Å². The van der Waals surface area contributed by atoms with Crippen molar-refractivity contribution in [1.82, 2.24) is 14.1 Å². The first-order chi connectivity index (χ1) is 11.9. The molecule has 0 aliphatic carbocycles. The number of aryl methyl sites for hydroxylation is 1. The van der Waals surface area contributed by atoms with Gasteiger partial charge in [0.05, 0.1) is 16.5 Å². The van der Waals surface area contributed by atoms with Gasteiger partial charge in [0, 0.05) is 14.1 Å². The van der Waals surface area contributed by atoms with Gasteiger partial charge in [-0.1, -0.05) is 12.1 Å². The molecule has 0 fully saturated rings. The summed E-state index contributed by atoms with van der Waals surface area (Å²) in [6.07, 6.45) is 0.370. The van der Waals surface area contributed by atoms with E-state index < -0.39 is 17.0 Å². The van der Waals surface area contributed by atoms with Crippen molar-refractivity contribution in [3.05, 3.63) is 68.0 Å². The first-order valence-corrected chi connectivity index (χ1v) is 7.25. The highest BCUT2D eigenvalue weighted by molar-refractivity contribution is 6.14. The lowest BCUT2D eigenvalue weighted by atomic mass is 10.0. The van der Waals surface area contributed by atoms with Crippen LogP contribution in [0, 0.1) is 0 Å². The fraction of sp³-hybridized carbons (Fsp3) is 0.118. The topological polar surface area (TPSA) is 111 Å². The molecule has 2 heterocycles. The van der Waals surface area contributed by atoms with Gasteiger partial charge in [-0.25, -0.2) is 9.78 Å². The predicted molar refractivity (Wildman–Crippen MR) is 89.2 cm³/mol. The maximum atomic E-state index is 12.7. The van der Waals surface area contributed by atoms with E-state index in [1.807, 2.05) is 0 Å². The maximum absolute atomic E-state index is 12.7. The second-order valence-electron chi connectivity index (χ2n) is 5.46. The first kappa shape index (κ1) is 16.3. The largest absolute Gasteiger partial charge is 0.507 e. The van der Waals surface area contributed by atoms with Crippen molar-refractivity contribution in [2.45, 2.75) is 0 Å². The first-order valence-electron chi connectivity index (χ1n) is 7.25. The number of nitrogens with zero attached hydrogens (tertiary/aromatic N) is 3. The number of rotatable bonds is 3. The quantitative estimate of drug-likeness (QED) is 0.545. The van der Waals surface area contributed by atoms with Gasteiger partial charge < -0.3 is 5.11 Å². The maximum Gasteiger partial charge on any atom is 0.332 e. The minimum atomic E-state index is -0.648. The third-order valence-corrected chi connectivity index (χ3v) is 3.96. The van der Waals surface area contributed by atoms with E-state index in [1.165, 1.54) is 32.3 Å². The molecule has 25 heavy (non-hydrogen) atoms. The number of aromatic hydroxyl groups is 1. The van der Waals surface area contributed by atoms with Crippen molar-refractivity contribution in [2.24, 2.45) is 14.1 Å². The van der Waals surface area contributed by atoms with E-state index in [-0.39, 0.29) is 33.6 Å². The summed E-state index contributed by atoms with van der Waals surface area (Å²) in [5, 5.41) is 9.88. The van der Waals surface area contributed by atoms with Crippen LogP contribution in [0.4, 0.5) is 0 Å². The summed E-state index contributed by atoms with van der Waals surface area (Å²) in [6, 6.07) is 7.07. The molecular weight excluding hydrogens is 326 g/mol. The van der Waals surface area contributed by atoms with Crippen LogP contribution in [-0.4, -0.2) is 31.3 Å². The van der Waals surface area contributed by atoms with E-state index in [0.717, 1.165) is 9.13 Å². The van der Waals surface area contributed by atoms with E-state index in [1.54, 1.807) is 12.1 Å². The number of aromatic nitrogens is 3. The lowest BCUT2D eigenvalue weighted by Crippen LogP contribution is -2.37. The van der Waals surface area contributed by atoms with Gasteiger partial charge in [-0.3, -0.25) is 23.5 Å². The Bertz CT molecular complexity index is 1160. The minimum absolute atomic E-state index is 0.00373. The molecule has 0 unspecified atom stereocenters. The van der Waals surface area contributed by atoms with Crippen LogP contribution >= 0.6 is 0 Å². The third kappa shape index (κ3) is 2.44. The van der Waals surface area contributed by atoms with Gasteiger partial charge in [-0.2, -0.15) is 0 Å². The third-order valence-electron chi connectivity index (χ3n) is 3.96. The molecule has 0 aliphatic heterocycles. The van der Waals surface area contributed by atoms with Crippen molar-refractivity contribution < 1.29 is 14.7 Å². The molecule has 0 bridgehead atoms. The molecule has 0 radical (unpaired) electrons. The molecule has 126 valence electrons. The summed E-state index contributed by atoms with van der Waals surface area (Å²) in [5.41, 5.74) is -1.59. The Morgan fingerprint density at radius 3 is 2.44 bits per heavy atom. The Morgan fingerprint density at radius 1 is 1.12 bits per heavy atom. The lowest BCUT2D eigenvalue weighted by Gasteiger charge is -2.10. The molecular formula is C17H13N3O5. The number of ketones is 1. The number of carbonyl (C=O) groups is 2. The summed E-state index contributed by atoms with van der Waals surface area (Å²) in [7, 11) is 2.72. The van der Waals surface area contributed by atoms with Crippen molar-refractivity contribution in [2.75, 3.05) is 0 Å². The average Bonchev–Trinajstić information content (AvgIpc) is 2.63. The fourth-order valence-electron chi connectivity index (χ4n) is 2.60. The molecule has 3 aromatic rings. The van der Waals surface area contributed by atoms with Gasteiger partial charge in [-0.05, 0) is 18.2 Å². The monoisotopic (exact) mass is 339 g/mol. The highest BCUT2D eigenvalue weighted by atomic mass is 16.3. The molecule has 0 aliphatic rings. The van der Waals surface area contributed by atoms with E-state index in [9.17, 15) is 24.3 Å². The van der Waals surface area contributed by atoms with Crippen molar-refractivity contribution in [1.29, 1.82) is 0 Å². The Kier molecular flexibility index (Phi) is 3.80. The lowest BCUT2D eigenvalue weighted by molar-refractivity contribution is 0.102. The summed E-state index contributed by atoms with van der Waals surface area (Å²) in [5.74, 6) is -0.900. The number of aldehydes is 1. The van der Waals surface area contributed by atoms with E-state index in [0.29, 0.717) is 6.29 Å². The van der Waals surface area contributed by atoms with Gasteiger partial charge in [0.25, 0.3) is 5.56 Å².